The molecule has 2 rings (SSSR count). The molecule has 0 amide bonds. The monoisotopic (exact) mass is 264 g/mol. The molecule has 1 unspecified atom stereocenters. The predicted molar refractivity (Wildman–Crippen MR) is 78.2 cm³/mol. The molecule has 1 aliphatic heterocycles. The lowest BCUT2D eigenvalue weighted by Crippen LogP contribution is -2.29. The van der Waals surface area contributed by atoms with Gasteiger partial charge in [-0.25, -0.2) is 0 Å². The third-order valence-corrected chi connectivity index (χ3v) is 3.52. The van der Waals surface area contributed by atoms with Crippen LogP contribution in [0.2, 0.25) is 0 Å². The summed E-state index contributed by atoms with van der Waals surface area (Å²) in [7, 11) is 2.00. The molecule has 2 N–H and O–H groups in total. The second-order valence-electron chi connectivity index (χ2n) is 5.30. The average Bonchev–Trinajstić information content (AvgIpc) is 2.43. The maximum Gasteiger partial charge on any atom is 0.163 e. The normalized spacial score (nSPS) is 15.4. The first-order valence-electron chi connectivity index (χ1n) is 6.99. The summed E-state index contributed by atoms with van der Waals surface area (Å²) in [6.45, 7) is 7.76. The Morgan fingerprint density at radius 3 is 2.53 bits per heavy atom. The van der Waals surface area contributed by atoms with Gasteiger partial charge in [0, 0.05) is 18.3 Å². The lowest BCUT2D eigenvalue weighted by atomic mass is 9.95. The van der Waals surface area contributed by atoms with Crippen molar-refractivity contribution < 1.29 is 9.47 Å². The summed E-state index contributed by atoms with van der Waals surface area (Å²) in [5, 5.41) is 6.74. The van der Waals surface area contributed by atoms with Crippen molar-refractivity contribution in [3.63, 3.8) is 0 Å². The number of hydrogen-bond acceptors (Lipinski definition) is 4. The van der Waals surface area contributed by atoms with Gasteiger partial charge < -0.3 is 20.1 Å². The van der Waals surface area contributed by atoms with Crippen molar-refractivity contribution in [1.82, 2.24) is 5.32 Å². The molecule has 0 saturated heterocycles. The first-order chi connectivity index (χ1) is 9.20. The minimum atomic E-state index is 0.609. The van der Waals surface area contributed by atoms with Crippen molar-refractivity contribution in [3.8, 4) is 11.5 Å². The van der Waals surface area contributed by atoms with Gasteiger partial charge in [-0.2, -0.15) is 0 Å². The van der Waals surface area contributed by atoms with Crippen molar-refractivity contribution in [2.24, 2.45) is 11.8 Å². The summed E-state index contributed by atoms with van der Waals surface area (Å²) in [4.78, 5) is 0. The van der Waals surface area contributed by atoms with Crippen LogP contribution in [-0.4, -0.2) is 33.4 Å². The fourth-order valence-electron chi connectivity index (χ4n) is 2.21. The maximum absolute atomic E-state index is 5.59. The Bertz CT molecular complexity index is 407. The van der Waals surface area contributed by atoms with Gasteiger partial charge in [-0.05, 0) is 37.6 Å². The van der Waals surface area contributed by atoms with Gasteiger partial charge in [-0.1, -0.05) is 13.8 Å². The SMILES string of the molecule is CNCC(CNc1ccc2c(c1)OCCO2)C(C)C. The first-order valence-corrected chi connectivity index (χ1v) is 6.99. The minimum absolute atomic E-state index is 0.609. The highest BCUT2D eigenvalue weighted by molar-refractivity contribution is 5.55. The van der Waals surface area contributed by atoms with Crippen molar-refractivity contribution in [2.45, 2.75) is 13.8 Å². The van der Waals surface area contributed by atoms with Crippen LogP contribution < -0.4 is 20.1 Å². The fourth-order valence-corrected chi connectivity index (χ4v) is 2.21. The van der Waals surface area contributed by atoms with E-state index in [2.05, 4.69) is 24.5 Å². The molecule has 0 aliphatic carbocycles. The molecule has 1 aromatic carbocycles. The van der Waals surface area contributed by atoms with E-state index in [-0.39, 0.29) is 0 Å². The molecule has 19 heavy (non-hydrogen) atoms. The zero-order valence-electron chi connectivity index (χ0n) is 12.0. The van der Waals surface area contributed by atoms with E-state index in [9.17, 15) is 0 Å². The van der Waals surface area contributed by atoms with E-state index in [1.165, 1.54) is 0 Å². The number of fused-ring (bicyclic) bond motifs is 1. The minimum Gasteiger partial charge on any atom is -0.486 e. The van der Waals surface area contributed by atoms with Gasteiger partial charge in [0.15, 0.2) is 11.5 Å². The molecule has 1 atom stereocenters. The Morgan fingerprint density at radius 1 is 1.11 bits per heavy atom. The molecular weight excluding hydrogens is 240 g/mol. The predicted octanol–water partition coefficient (Wildman–Crippen LogP) is 2.36. The summed E-state index contributed by atoms with van der Waals surface area (Å²) >= 11 is 0. The summed E-state index contributed by atoms with van der Waals surface area (Å²) in [5.41, 5.74) is 1.09. The Morgan fingerprint density at radius 2 is 1.84 bits per heavy atom. The van der Waals surface area contributed by atoms with Gasteiger partial charge in [0.1, 0.15) is 13.2 Å². The van der Waals surface area contributed by atoms with E-state index >= 15 is 0 Å². The smallest absolute Gasteiger partial charge is 0.163 e. The second-order valence-corrected chi connectivity index (χ2v) is 5.30. The highest BCUT2D eigenvalue weighted by Gasteiger charge is 2.14. The number of rotatable bonds is 6. The molecule has 1 aromatic rings. The molecule has 4 nitrogen and oxygen atoms in total. The Balaban J connectivity index is 1.95. The van der Waals surface area contributed by atoms with E-state index in [0.717, 1.165) is 30.3 Å². The topological polar surface area (TPSA) is 42.5 Å². The van der Waals surface area contributed by atoms with Crippen LogP contribution in [0.25, 0.3) is 0 Å². The molecule has 0 bridgehead atoms. The van der Waals surface area contributed by atoms with E-state index in [4.69, 9.17) is 9.47 Å². The van der Waals surface area contributed by atoms with Gasteiger partial charge in [-0.15, -0.1) is 0 Å². The van der Waals surface area contributed by atoms with Crippen LogP contribution in [0, 0.1) is 11.8 Å². The van der Waals surface area contributed by atoms with Crippen LogP contribution in [0.15, 0.2) is 18.2 Å². The Labute approximate surface area is 115 Å². The van der Waals surface area contributed by atoms with Crippen molar-refractivity contribution in [3.05, 3.63) is 18.2 Å². The highest BCUT2D eigenvalue weighted by Crippen LogP contribution is 2.32. The van der Waals surface area contributed by atoms with Gasteiger partial charge in [0.05, 0.1) is 0 Å². The van der Waals surface area contributed by atoms with Crippen LogP contribution >= 0.6 is 0 Å². The van der Waals surface area contributed by atoms with Gasteiger partial charge >= 0.3 is 0 Å². The van der Waals surface area contributed by atoms with Crippen LogP contribution in [0.5, 0.6) is 11.5 Å². The molecule has 0 saturated carbocycles. The molecule has 0 spiro atoms. The largest absolute Gasteiger partial charge is 0.486 e. The van der Waals surface area contributed by atoms with Crippen LogP contribution in [0.4, 0.5) is 5.69 Å². The molecule has 0 radical (unpaired) electrons. The standard InChI is InChI=1S/C15H24N2O2/c1-11(2)12(9-16-3)10-17-13-4-5-14-15(8-13)19-7-6-18-14/h4-5,8,11-12,16-17H,6-7,9-10H2,1-3H3. The van der Waals surface area contributed by atoms with Gasteiger partial charge in [-0.3, -0.25) is 0 Å². The van der Waals surface area contributed by atoms with Crippen molar-refractivity contribution in [1.29, 1.82) is 0 Å². The third-order valence-electron chi connectivity index (χ3n) is 3.52. The van der Waals surface area contributed by atoms with Crippen LogP contribution in [-0.2, 0) is 0 Å². The number of anilines is 1. The summed E-state index contributed by atoms with van der Waals surface area (Å²) in [5.74, 6) is 2.94. The highest BCUT2D eigenvalue weighted by atomic mass is 16.6. The number of hydrogen-bond donors (Lipinski definition) is 2. The molecule has 1 heterocycles. The quantitative estimate of drug-likeness (QED) is 0.828. The van der Waals surface area contributed by atoms with E-state index in [1.54, 1.807) is 0 Å². The van der Waals surface area contributed by atoms with Crippen LogP contribution in [0.3, 0.4) is 0 Å². The van der Waals surface area contributed by atoms with E-state index in [0.29, 0.717) is 25.0 Å². The molecule has 0 fully saturated rings. The van der Waals surface area contributed by atoms with Crippen molar-refractivity contribution in [2.75, 3.05) is 38.7 Å². The Hall–Kier alpha value is -1.42. The van der Waals surface area contributed by atoms with Gasteiger partial charge in [0.2, 0.25) is 0 Å². The number of ether oxygens (including phenoxy) is 2. The summed E-state index contributed by atoms with van der Waals surface area (Å²) < 4.78 is 11.1. The van der Waals surface area contributed by atoms with Crippen LogP contribution in [0.1, 0.15) is 13.8 Å². The zero-order valence-corrected chi connectivity index (χ0v) is 12.0. The molecule has 1 aliphatic rings. The average molecular weight is 264 g/mol. The molecule has 0 aromatic heterocycles. The molecular formula is C15H24N2O2. The molecule has 106 valence electrons. The molecule has 4 heteroatoms. The Kier molecular flexibility index (Phi) is 4.91. The summed E-state index contributed by atoms with van der Waals surface area (Å²) in [6.07, 6.45) is 0. The maximum atomic E-state index is 5.59. The summed E-state index contributed by atoms with van der Waals surface area (Å²) in [6, 6.07) is 6.04. The lowest BCUT2D eigenvalue weighted by Gasteiger charge is -2.23. The fraction of sp³-hybridized carbons (Fsp3) is 0.600. The first kappa shape index (κ1) is 14.0. The van der Waals surface area contributed by atoms with Gasteiger partial charge in [0.25, 0.3) is 0 Å². The lowest BCUT2D eigenvalue weighted by molar-refractivity contribution is 0.171. The zero-order chi connectivity index (χ0) is 13.7. The van der Waals surface area contributed by atoms with E-state index in [1.807, 2.05) is 25.2 Å². The van der Waals surface area contributed by atoms with E-state index < -0.39 is 0 Å². The number of benzene rings is 1. The number of nitrogens with one attached hydrogen (secondary N) is 2. The third kappa shape index (κ3) is 3.77. The second kappa shape index (κ2) is 6.66. The van der Waals surface area contributed by atoms with Crippen molar-refractivity contribution >= 4 is 5.69 Å².